The minimum atomic E-state index is -0.118. The Hall–Kier alpha value is -0.570. The Bertz CT molecular complexity index is 148. The van der Waals surface area contributed by atoms with Crippen LogP contribution in [0.1, 0.15) is 33.1 Å². The largest absolute Gasteiger partial charge is 0.469 e. The van der Waals surface area contributed by atoms with Gasteiger partial charge in [-0.15, -0.1) is 0 Å². The van der Waals surface area contributed by atoms with Crippen LogP contribution in [0.4, 0.5) is 0 Å². The monoisotopic (exact) mass is 187 g/mol. The Morgan fingerprint density at radius 1 is 1.38 bits per heavy atom. The first-order valence-corrected chi connectivity index (χ1v) is 4.87. The summed E-state index contributed by atoms with van der Waals surface area (Å²) in [5.41, 5.74) is 5.44. The summed E-state index contributed by atoms with van der Waals surface area (Å²) >= 11 is 0. The molecule has 3 nitrogen and oxygen atoms in total. The number of hydrogen-bond donors (Lipinski definition) is 1. The predicted molar refractivity (Wildman–Crippen MR) is 53.2 cm³/mol. The SMILES string of the molecule is COC(=O)CC(C)CC(C)CCN. The van der Waals surface area contributed by atoms with Crippen molar-refractivity contribution in [2.75, 3.05) is 13.7 Å². The molecule has 0 aromatic carbocycles. The van der Waals surface area contributed by atoms with E-state index in [1.165, 1.54) is 7.11 Å². The molecule has 0 aliphatic rings. The van der Waals surface area contributed by atoms with Crippen LogP contribution in [0.5, 0.6) is 0 Å². The van der Waals surface area contributed by atoms with E-state index in [0.29, 0.717) is 18.3 Å². The highest BCUT2D eigenvalue weighted by atomic mass is 16.5. The van der Waals surface area contributed by atoms with Crippen molar-refractivity contribution in [3.63, 3.8) is 0 Å². The lowest BCUT2D eigenvalue weighted by atomic mass is 9.93. The van der Waals surface area contributed by atoms with Gasteiger partial charge in [-0.05, 0) is 31.2 Å². The topological polar surface area (TPSA) is 52.3 Å². The van der Waals surface area contributed by atoms with E-state index in [1.807, 2.05) is 0 Å². The third-order valence-corrected chi connectivity index (χ3v) is 2.21. The molecular weight excluding hydrogens is 166 g/mol. The molecule has 0 rings (SSSR count). The van der Waals surface area contributed by atoms with Crippen molar-refractivity contribution in [3.05, 3.63) is 0 Å². The van der Waals surface area contributed by atoms with E-state index in [1.54, 1.807) is 0 Å². The molecule has 2 N–H and O–H groups in total. The van der Waals surface area contributed by atoms with Crippen LogP contribution >= 0.6 is 0 Å². The Morgan fingerprint density at radius 3 is 2.46 bits per heavy atom. The van der Waals surface area contributed by atoms with Crippen LogP contribution in [-0.2, 0) is 9.53 Å². The number of hydrogen-bond acceptors (Lipinski definition) is 3. The van der Waals surface area contributed by atoms with E-state index in [2.05, 4.69) is 18.6 Å². The van der Waals surface area contributed by atoms with Gasteiger partial charge in [-0.2, -0.15) is 0 Å². The van der Waals surface area contributed by atoms with Crippen molar-refractivity contribution < 1.29 is 9.53 Å². The van der Waals surface area contributed by atoms with Crippen LogP contribution in [0.2, 0.25) is 0 Å². The van der Waals surface area contributed by atoms with Crippen molar-refractivity contribution in [3.8, 4) is 0 Å². The summed E-state index contributed by atoms with van der Waals surface area (Å²) < 4.78 is 4.60. The molecule has 78 valence electrons. The fourth-order valence-corrected chi connectivity index (χ4v) is 1.54. The molecule has 0 spiro atoms. The average molecular weight is 187 g/mol. The Morgan fingerprint density at radius 2 is 2.00 bits per heavy atom. The van der Waals surface area contributed by atoms with Crippen LogP contribution in [0, 0.1) is 11.8 Å². The normalized spacial score (nSPS) is 15.1. The van der Waals surface area contributed by atoms with Crippen molar-refractivity contribution in [1.29, 1.82) is 0 Å². The van der Waals surface area contributed by atoms with Crippen LogP contribution in [0.15, 0.2) is 0 Å². The third kappa shape index (κ3) is 6.58. The number of carbonyl (C=O) groups excluding carboxylic acids is 1. The van der Waals surface area contributed by atoms with E-state index in [4.69, 9.17) is 5.73 Å². The van der Waals surface area contributed by atoms with Gasteiger partial charge in [0.2, 0.25) is 0 Å². The lowest BCUT2D eigenvalue weighted by Crippen LogP contribution is -2.12. The van der Waals surface area contributed by atoms with Gasteiger partial charge in [-0.1, -0.05) is 13.8 Å². The third-order valence-electron chi connectivity index (χ3n) is 2.21. The highest BCUT2D eigenvalue weighted by molar-refractivity contribution is 5.69. The second kappa shape index (κ2) is 6.89. The number of ether oxygens (including phenoxy) is 1. The quantitative estimate of drug-likeness (QED) is 0.642. The summed E-state index contributed by atoms with van der Waals surface area (Å²) in [4.78, 5) is 10.9. The Balaban J connectivity index is 3.60. The summed E-state index contributed by atoms with van der Waals surface area (Å²) in [6.45, 7) is 4.97. The first-order valence-electron chi connectivity index (χ1n) is 4.87. The summed E-state index contributed by atoms with van der Waals surface area (Å²) in [6, 6.07) is 0. The van der Waals surface area contributed by atoms with Gasteiger partial charge in [-0.25, -0.2) is 0 Å². The van der Waals surface area contributed by atoms with Gasteiger partial charge in [-0.3, -0.25) is 4.79 Å². The van der Waals surface area contributed by atoms with Crippen LogP contribution in [0.3, 0.4) is 0 Å². The summed E-state index contributed by atoms with van der Waals surface area (Å²) in [5, 5.41) is 0. The lowest BCUT2D eigenvalue weighted by molar-refractivity contribution is -0.141. The molecule has 0 bridgehead atoms. The molecule has 13 heavy (non-hydrogen) atoms. The summed E-state index contributed by atoms with van der Waals surface area (Å²) in [6.07, 6.45) is 2.60. The Labute approximate surface area is 80.6 Å². The van der Waals surface area contributed by atoms with Gasteiger partial charge < -0.3 is 10.5 Å². The van der Waals surface area contributed by atoms with E-state index in [0.717, 1.165) is 19.4 Å². The molecule has 0 saturated heterocycles. The van der Waals surface area contributed by atoms with Crippen molar-refractivity contribution >= 4 is 5.97 Å². The molecule has 0 saturated carbocycles. The zero-order valence-corrected chi connectivity index (χ0v) is 8.88. The molecule has 3 heteroatoms. The van der Waals surface area contributed by atoms with Gasteiger partial charge in [0.05, 0.1) is 7.11 Å². The average Bonchev–Trinajstić information content (AvgIpc) is 2.04. The molecule has 0 radical (unpaired) electrons. The van der Waals surface area contributed by atoms with Gasteiger partial charge in [0.25, 0.3) is 0 Å². The number of methoxy groups -OCH3 is 1. The first kappa shape index (κ1) is 12.4. The molecule has 0 aliphatic carbocycles. The van der Waals surface area contributed by atoms with Crippen molar-refractivity contribution in [2.45, 2.75) is 33.1 Å². The van der Waals surface area contributed by atoms with Gasteiger partial charge in [0, 0.05) is 6.42 Å². The van der Waals surface area contributed by atoms with E-state index >= 15 is 0 Å². The molecule has 0 amide bonds. The van der Waals surface area contributed by atoms with Gasteiger partial charge >= 0.3 is 5.97 Å². The van der Waals surface area contributed by atoms with E-state index < -0.39 is 0 Å². The van der Waals surface area contributed by atoms with Crippen LogP contribution < -0.4 is 5.73 Å². The molecule has 0 aliphatic heterocycles. The van der Waals surface area contributed by atoms with Crippen LogP contribution in [-0.4, -0.2) is 19.6 Å². The molecule has 0 heterocycles. The van der Waals surface area contributed by atoms with Gasteiger partial charge in [0.1, 0.15) is 0 Å². The molecule has 2 atom stereocenters. The number of rotatable bonds is 6. The lowest BCUT2D eigenvalue weighted by Gasteiger charge is -2.15. The maximum Gasteiger partial charge on any atom is 0.305 e. The standard InChI is InChI=1S/C10H21NO2/c1-8(4-5-11)6-9(2)7-10(12)13-3/h8-9H,4-7,11H2,1-3H3. The van der Waals surface area contributed by atoms with Crippen molar-refractivity contribution in [2.24, 2.45) is 17.6 Å². The number of esters is 1. The first-order chi connectivity index (χ1) is 6.10. The minimum absolute atomic E-state index is 0.118. The number of carbonyl (C=O) groups is 1. The second-order valence-corrected chi connectivity index (χ2v) is 3.80. The van der Waals surface area contributed by atoms with E-state index in [-0.39, 0.29) is 5.97 Å². The maximum absolute atomic E-state index is 10.9. The molecule has 0 fully saturated rings. The van der Waals surface area contributed by atoms with Crippen LogP contribution in [0.25, 0.3) is 0 Å². The van der Waals surface area contributed by atoms with Gasteiger partial charge in [0.15, 0.2) is 0 Å². The highest BCUT2D eigenvalue weighted by Crippen LogP contribution is 2.17. The number of nitrogens with two attached hydrogens (primary N) is 1. The molecule has 0 aromatic heterocycles. The highest BCUT2D eigenvalue weighted by Gasteiger charge is 2.12. The van der Waals surface area contributed by atoms with Crippen molar-refractivity contribution in [1.82, 2.24) is 0 Å². The maximum atomic E-state index is 10.9. The Kier molecular flexibility index (Phi) is 6.59. The zero-order valence-electron chi connectivity index (χ0n) is 8.88. The summed E-state index contributed by atoms with van der Waals surface area (Å²) in [5.74, 6) is 0.881. The fourth-order valence-electron chi connectivity index (χ4n) is 1.54. The summed E-state index contributed by atoms with van der Waals surface area (Å²) in [7, 11) is 1.43. The molecule has 0 aromatic rings. The fraction of sp³-hybridized carbons (Fsp3) is 0.900. The predicted octanol–water partition coefficient (Wildman–Crippen LogP) is 1.56. The molecular formula is C10H21NO2. The zero-order chi connectivity index (χ0) is 10.3. The minimum Gasteiger partial charge on any atom is -0.469 e. The second-order valence-electron chi connectivity index (χ2n) is 3.80. The van der Waals surface area contributed by atoms with E-state index in [9.17, 15) is 4.79 Å². The smallest absolute Gasteiger partial charge is 0.305 e. The molecule has 2 unspecified atom stereocenters.